The van der Waals surface area contributed by atoms with Crippen LogP contribution in [0.3, 0.4) is 0 Å². The van der Waals surface area contributed by atoms with Gasteiger partial charge in [0.05, 0.1) is 19.8 Å². The Morgan fingerprint density at radius 2 is 1.90 bits per heavy atom. The van der Waals surface area contributed by atoms with Crippen LogP contribution < -0.4 is 9.64 Å². The van der Waals surface area contributed by atoms with Crippen molar-refractivity contribution in [1.82, 2.24) is 19.8 Å². The van der Waals surface area contributed by atoms with Crippen molar-refractivity contribution in [2.45, 2.75) is 26.7 Å². The van der Waals surface area contributed by atoms with Crippen LogP contribution in [0.4, 0.5) is 5.82 Å². The third-order valence-corrected chi connectivity index (χ3v) is 5.54. The number of aromatic nitrogens is 2. The second kappa shape index (κ2) is 10.5. The largest absolute Gasteiger partial charge is 0.463 e. The number of hydrogen-bond donors (Lipinski definition) is 0. The van der Waals surface area contributed by atoms with Gasteiger partial charge in [0.2, 0.25) is 5.91 Å². The zero-order valence-corrected chi connectivity index (χ0v) is 17.7. The fourth-order valence-electron chi connectivity index (χ4n) is 3.84. The molecule has 2 aliphatic rings. The predicted molar refractivity (Wildman–Crippen MR) is 113 cm³/mol. The maximum absolute atomic E-state index is 11.8. The lowest BCUT2D eigenvalue weighted by Crippen LogP contribution is -2.48. The summed E-state index contributed by atoms with van der Waals surface area (Å²) in [6.07, 6.45) is 3.19. The molecule has 2 fully saturated rings. The second-order valence-corrected chi connectivity index (χ2v) is 7.42. The highest BCUT2D eigenvalue weighted by Crippen LogP contribution is 2.25. The summed E-state index contributed by atoms with van der Waals surface area (Å²) < 4.78 is 11.3. The Balaban J connectivity index is 1.59. The molecule has 29 heavy (non-hydrogen) atoms. The Morgan fingerprint density at radius 1 is 1.17 bits per heavy atom. The molecular formula is C21H33N5O3. The van der Waals surface area contributed by atoms with Crippen molar-refractivity contribution in [3.8, 4) is 6.01 Å². The van der Waals surface area contributed by atoms with E-state index in [9.17, 15) is 4.79 Å². The number of aryl methyl sites for hydroxylation is 1. The van der Waals surface area contributed by atoms with Crippen molar-refractivity contribution in [2.24, 2.45) is 0 Å². The van der Waals surface area contributed by atoms with E-state index in [1.165, 1.54) is 6.08 Å². The van der Waals surface area contributed by atoms with Crippen LogP contribution in [0.5, 0.6) is 6.01 Å². The standard InChI is InChI=1S/C21H33N5O3/c1-4-18-17(3)22-21(29-14-6-7-24-12-15-28-16-13-24)23-20(18)26-10-8-25(9-11-26)19(27)5-2/h5H,2,4,6-16H2,1,3H3. The maximum Gasteiger partial charge on any atom is 0.318 e. The van der Waals surface area contributed by atoms with Gasteiger partial charge in [-0.25, -0.2) is 4.98 Å². The zero-order valence-electron chi connectivity index (χ0n) is 17.7. The quantitative estimate of drug-likeness (QED) is 0.478. The molecule has 3 rings (SSSR count). The molecule has 2 saturated heterocycles. The zero-order chi connectivity index (χ0) is 20.6. The molecule has 1 amide bonds. The molecule has 0 N–H and O–H groups in total. The number of carbonyl (C=O) groups is 1. The number of anilines is 1. The first kappa shape index (κ1) is 21.5. The smallest absolute Gasteiger partial charge is 0.318 e. The number of piperazine rings is 1. The number of nitrogens with zero attached hydrogens (tertiary/aromatic N) is 5. The molecule has 2 aliphatic heterocycles. The lowest BCUT2D eigenvalue weighted by molar-refractivity contribution is -0.126. The first-order chi connectivity index (χ1) is 14.1. The van der Waals surface area contributed by atoms with Crippen molar-refractivity contribution >= 4 is 11.7 Å². The average molecular weight is 404 g/mol. The minimum Gasteiger partial charge on any atom is -0.463 e. The summed E-state index contributed by atoms with van der Waals surface area (Å²) in [6, 6.07) is 0.446. The van der Waals surface area contributed by atoms with E-state index in [1.807, 2.05) is 11.8 Å². The monoisotopic (exact) mass is 403 g/mol. The van der Waals surface area contributed by atoms with Crippen molar-refractivity contribution in [3.63, 3.8) is 0 Å². The van der Waals surface area contributed by atoms with Gasteiger partial charge in [0, 0.05) is 57.1 Å². The molecule has 0 aromatic carbocycles. The van der Waals surface area contributed by atoms with Crippen LogP contribution in [0.1, 0.15) is 24.6 Å². The van der Waals surface area contributed by atoms with Gasteiger partial charge in [0.15, 0.2) is 0 Å². The molecule has 160 valence electrons. The topological polar surface area (TPSA) is 71.0 Å². The second-order valence-electron chi connectivity index (χ2n) is 7.42. The fraction of sp³-hybridized carbons (Fsp3) is 0.667. The minimum absolute atomic E-state index is 0.0106. The Bertz CT molecular complexity index is 698. The van der Waals surface area contributed by atoms with Gasteiger partial charge < -0.3 is 19.3 Å². The molecular weight excluding hydrogens is 370 g/mol. The van der Waals surface area contributed by atoms with E-state index in [4.69, 9.17) is 14.5 Å². The molecule has 8 heteroatoms. The molecule has 0 atom stereocenters. The first-order valence-electron chi connectivity index (χ1n) is 10.6. The Morgan fingerprint density at radius 3 is 2.55 bits per heavy atom. The maximum atomic E-state index is 11.8. The minimum atomic E-state index is -0.0106. The summed E-state index contributed by atoms with van der Waals surface area (Å²) in [5.41, 5.74) is 2.11. The highest BCUT2D eigenvalue weighted by Gasteiger charge is 2.24. The average Bonchev–Trinajstić information content (AvgIpc) is 2.76. The molecule has 0 spiro atoms. The summed E-state index contributed by atoms with van der Waals surface area (Å²) in [4.78, 5) is 27.6. The molecule has 3 heterocycles. The molecule has 1 aromatic heterocycles. The summed E-state index contributed by atoms with van der Waals surface area (Å²) in [6.45, 7) is 15.8. The van der Waals surface area contributed by atoms with Crippen LogP contribution in [0.2, 0.25) is 0 Å². The van der Waals surface area contributed by atoms with E-state index in [0.29, 0.717) is 25.7 Å². The summed E-state index contributed by atoms with van der Waals surface area (Å²) in [7, 11) is 0. The normalized spacial score (nSPS) is 18.0. The lowest BCUT2D eigenvalue weighted by Gasteiger charge is -2.36. The Kier molecular flexibility index (Phi) is 7.83. The SMILES string of the molecule is C=CC(=O)N1CCN(c2nc(OCCCN3CCOCC3)nc(C)c2CC)CC1. The Labute approximate surface area is 173 Å². The Hall–Kier alpha value is -2.19. The third kappa shape index (κ3) is 5.67. The molecule has 0 bridgehead atoms. The van der Waals surface area contributed by atoms with Crippen LogP contribution in [0.15, 0.2) is 12.7 Å². The van der Waals surface area contributed by atoms with Gasteiger partial charge >= 0.3 is 6.01 Å². The van der Waals surface area contributed by atoms with Gasteiger partial charge in [0.25, 0.3) is 0 Å². The number of hydrogen-bond acceptors (Lipinski definition) is 7. The van der Waals surface area contributed by atoms with E-state index in [1.54, 1.807) is 0 Å². The van der Waals surface area contributed by atoms with Crippen LogP contribution in [0.25, 0.3) is 0 Å². The molecule has 0 saturated carbocycles. The van der Waals surface area contributed by atoms with Gasteiger partial charge in [-0.15, -0.1) is 0 Å². The highest BCUT2D eigenvalue weighted by molar-refractivity contribution is 5.87. The van der Waals surface area contributed by atoms with E-state index in [0.717, 1.165) is 75.9 Å². The molecule has 0 radical (unpaired) electrons. The molecule has 1 aromatic rings. The van der Waals surface area contributed by atoms with E-state index < -0.39 is 0 Å². The van der Waals surface area contributed by atoms with Crippen molar-refractivity contribution in [2.75, 3.05) is 70.5 Å². The summed E-state index contributed by atoms with van der Waals surface area (Å²) in [5.74, 6) is 0.928. The van der Waals surface area contributed by atoms with Gasteiger partial charge in [-0.3, -0.25) is 9.69 Å². The molecule has 8 nitrogen and oxygen atoms in total. The predicted octanol–water partition coefficient (Wildman–Crippen LogP) is 1.28. The van der Waals surface area contributed by atoms with E-state index in [2.05, 4.69) is 28.3 Å². The number of morpholine rings is 1. The lowest BCUT2D eigenvalue weighted by atomic mass is 10.1. The van der Waals surface area contributed by atoms with Crippen LogP contribution in [0, 0.1) is 6.92 Å². The molecule has 0 unspecified atom stereocenters. The summed E-state index contributed by atoms with van der Waals surface area (Å²) >= 11 is 0. The first-order valence-corrected chi connectivity index (χ1v) is 10.6. The highest BCUT2D eigenvalue weighted by atomic mass is 16.5. The van der Waals surface area contributed by atoms with Crippen LogP contribution in [-0.2, 0) is 16.0 Å². The number of carbonyl (C=O) groups excluding carboxylic acids is 1. The third-order valence-electron chi connectivity index (χ3n) is 5.54. The van der Waals surface area contributed by atoms with Gasteiger partial charge in [-0.05, 0) is 25.8 Å². The van der Waals surface area contributed by atoms with Gasteiger partial charge in [-0.2, -0.15) is 4.98 Å². The number of ether oxygens (including phenoxy) is 2. The number of amides is 1. The fourth-order valence-corrected chi connectivity index (χ4v) is 3.84. The van der Waals surface area contributed by atoms with Crippen LogP contribution in [-0.4, -0.2) is 91.3 Å². The van der Waals surface area contributed by atoms with Gasteiger partial charge in [0.1, 0.15) is 5.82 Å². The van der Waals surface area contributed by atoms with Crippen molar-refractivity contribution < 1.29 is 14.3 Å². The molecule has 0 aliphatic carbocycles. The van der Waals surface area contributed by atoms with E-state index in [-0.39, 0.29) is 5.91 Å². The summed E-state index contributed by atoms with van der Waals surface area (Å²) in [5, 5.41) is 0. The van der Waals surface area contributed by atoms with E-state index >= 15 is 0 Å². The van der Waals surface area contributed by atoms with Crippen molar-refractivity contribution in [3.05, 3.63) is 23.9 Å². The number of rotatable bonds is 8. The van der Waals surface area contributed by atoms with Gasteiger partial charge in [-0.1, -0.05) is 13.5 Å². The van der Waals surface area contributed by atoms with Crippen molar-refractivity contribution in [1.29, 1.82) is 0 Å². The van der Waals surface area contributed by atoms with Crippen LogP contribution >= 0.6 is 0 Å².